The average molecular weight is 466 g/mol. The van der Waals surface area contributed by atoms with Gasteiger partial charge in [-0.15, -0.1) is 0 Å². The summed E-state index contributed by atoms with van der Waals surface area (Å²) in [5.41, 5.74) is 0.313. The lowest BCUT2D eigenvalue weighted by Gasteiger charge is -2.30. The summed E-state index contributed by atoms with van der Waals surface area (Å²) in [4.78, 5) is 14.5. The maximum absolute atomic E-state index is 13.3. The van der Waals surface area contributed by atoms with E-state index in [0.717, 1.165) is 12.1 Å². The number of alkyl halides is 3. The summed E-state index contributed by atoms with van der Waals surface area (Å²) >= 11 is 0. The number of methoxy groups -OCH3 is 3. The number of nitrogens with zero attached hydrogens (tertiary/aromatic N) is 1. The third-order valence-electron chi connectivity index (χ3n) is 5.05. The zero-order chi connectivity index (χ0) is 24.0. The molecule has 0 atom stereocenters. The topological polar surface area (TPSA) is 69.3 Å². The van der Waals surface area contributed by atoms with E-state index in [9.17, 15) is 18.0 Å². The lowest BCUT2D eigenvalue weighted by atomic mass is 10.1. The molecule has 0 spiro atoms. The Labute approximate surface area is 189 Å². The van der Waals surface area contributed by atoms with E-state index in [-0.39, 0.29) is 5.69 Å². The van der Waals surface area contributed by atoms with E-state index in [1.54, 1.807) is 12.1 Å². The fraction of sp³-hybridized carbons (Fsp3) is 0.348. The highest BCUT2D eigenvalue weighted by atomic mass is 19.4. The van der Waals surface area contributed by atoms with Crippen LogP contribution < -0.4 is 24.4 Å². The first kappa shape index (κ1) is 24.2. The second kappa shape index (κ2) is 10.5. The summed E-state index contributed by atoms with van der Waals surface area (Å²) in [5, 5.41) is 2.57. The summed E-state index contributed by atoms with van der Waals surface area (Å²) in [6.45, 7) is 1.93. The molecule has 1 aliphatic heterocycles. The summed E-state index contributed by atoms with van der Waals surface area (Å²) in [5.74, 6) is 0.632. The number of hydrogen-bond donors (Lipinski definition) is 1. The molecular weight excluding hydrogens is 441 g/mol. The number of hydrogen-bond acceptors (Lipinski definition) is 6. The van der Waals surface area contributed by atoms with Crippen molar-refractivity contribution in [3.8, 4) is 17.2 Å². The van der Waals surface area contributed by atoms with Gasteiger partial charge in [0.2, 0.25) is 11.7 Å². The molecule has 3 rings (SSSR count). The molecule has 1 aliphatic rings. The van der Waals surface area contributed by atoms with Gasteiger partial charge in [-0.1, -0.05) is 0 Å². The molecule has 1 saturated heterocycles. The predicted molar refractivity (Wildman–Crippen MR) is 118 cm³/mol. The molecule has 0 bridgehead atoms. The van der Waals surface area contributed by atoms with Crippen LogP contribution >= 0.6 is 0 Å². The first-order valence-electron chi connectivity index (χ1n) is 10.1. The number of morpholine rings is 1. The number of amides is 1. The second-order valence-corrected chi connectivity index (χ2v) is 7.11. The molecule has 0 aromatic heterocycles. The zero-order valence-corrected chi connectivity index (χ0v) is 18.5. The molecular formula is C23H25F3N2O5. The Hall–Kier alpha value is -3.40. The Morgan fingerprint density at radius 3 is 2.21 bits per heavy atom. The number of carbonyl (C=O) groups is 1. The van der Waals surface area contributed by atoms with Crippen molar-refractivity contribution in [1.29, 1.82) is 0 Å². The summed E-state index contributed by atoms with van der Waals surface area (Å²) in [7, 11) is 4.42. The number of ether oxygens (including phenoxy) is 4. The Balaban J connectivity index is 1.86. The molecule has 10 heteroatoms. The van der Waals surface area contributed by atoms with Gasteiger partial charge in [-0.25, -0.2) is 0 Å². The van der Waals surface area contributed by atoms with Gasteiger partial charge in [0.25, 0.3) is 0 Å². The normalized spacial score (nSPS) is 14.3. The molecule has 1 N–H and O–H groups in total. The van der Waals surface area contributed by atoms with Crippen LogP contribution in [0.4, 0.5) is 24.5 Å². The van der Waals surface area contributed by atoms with Gasteiger partial charge >= 0.3 is 6.18 Å². The van der Waals surface area contributed by atoms with Crippen LogP contribution in [0.3, 0.4) is 0 Å². The van der Waals surface area contributed by atoms with Crippen molar-refractivity contribution in [1.82, 2.24) is 0 Å². The van der Waals surface area contributed by atoms with Gasteiger partial charge in [-0.2, -0.15) is 13.2 Å². The number of benzene rings is 2. The molecule has 0 radical (unpaired) electrons. The zero-order valence-electron chi connectivity index (χ0n) is 18.5. The maximum atomic E-state index is 13.3. The molecule has 0 saturated carbocycles. The van der Waals surface area contributed by atoms with Gasteiger partial charge in [-0.05, 0) is 42.0 Å². The van der Waals surface area contributed by atoms with Gasteiger partial charge in [-0.3, -0.25) is 4.79 Å². The van der Waals surface area contributed by atoms with Gasteiger partial charge < -0.3 is 29.2 Å². The van der Waals surface area contributed by atoms with Crippen molar-refractivity contribution < 1.29 is 36.9 Å². The van der Waals surface area contributed by atoms with Crippen LogP contribution in [0.15, 0.2) is 36.4 Å². The fourth-order valence-corrected chi connectivity index (χ4v) is 3.44. The predicted octanol–water partition coefficient (Wildman–Crippen LogP) is 4.22. The van der Waals surface area contributed by atoms with E-state index in [0.29, 0.717) is 54.8 Å². The Morgan fingerprint density at radius 2 is 1.67 bits per heavy atom. The van der Waals surface area contributed by atoms with Crippen LogP contribution in [0.5, 0.6) is 17.2 Å². The highest BCUT2D eigenvalue weighted by Gasteiger charge is 2.31. The monoisotopic (exact) mass is 466 g/mol. The van der Waals surface area contributed by atoms with Crippen LogP contribution in [0.2, 0.25) is 0 Å². The standard InChI is InChI=1S/C23H25F3N2O5/c1-30-19-12-15(13-20(31-2)22(19)32-3)4-7-21(29)27-17-14-16(23(24,25)26)5-6-18(17)28-8-10-33-11-9-28/h4-7,12-14H,8-11H2,1-3H3,(H,27,29). The van der Waals surface area contributed by atoms with Gasteiger partial charge in [0.05, 0.1) is 51.5 Å². The van der Waals surface area contributed by atoms with E-state index in [4.69, 9.17) is 18.9 Å². The fourth-order valence-electron chi connectivity index (χ4n) is 3.44. The van der Waals surface area contributed by atoms with Crippen LogP contribution in [0.1, 0.15) is 11.1 Å². The van der Waals surface area contributed by atoms with Crippen molar-refractivity contribution >= 4 is 23.4 Å². The minimum Gasteiger partial charge on any atom is -0.493 e. The van der Waals surface area contributed by atoms with E-state index < -0.39 is 17.6 Å². The lowest BCUT2D eigenvalue weighted by molar-refractivity contribution is -0.137. The largest absolute Gasteiger partial charge is 0.493 e. The highest BCUT2D eigenvalue weighted by Crippen LogP contribution is 2.39. The van der Waals surface area contributed by atoms with Crippen molar-refractivity contribution in [3.05, 3.63) is 47.5 Å². The molecule has 1 fully saturated rings. The van der Waals surface area contributed by atoms with Crippen LogP contribution in [0, 0.1) is 0 Å². The lowest BCUT2D eigenvalue weighted by Crippen LogP contribution is -2.36. The molecule has 178 valence electrons. The number of carbonyl (C=O) groups excluding carboxylic acids is 1. The number of nitrogens with one attached hydrogen (secondary N) is 1. The molecule has 2 aromatic carbocycles. The average Bonchev–Trinajstić information content (AvgIpc) is 2.81. The maximum Gasteiger partial charge on any atom is 0.416 e. The van der Waals surface area contributed by atoms with Crippen LogP contribution in [-0.4, -0.2) is 53.5 Å². The molecule has 7 nitrogen and oxygen atoms in total. The van der Waals surface area contributed by atoms with Crippen molar-refractivity contribution in [2.75, 3.05) is 57.8 Å². The molecule has 0 unspecified atom stereocenters. The third kappa shape index (κ3) is 5.89. The first-order chi connectivity index (χ1) is 15.8. The number of rotatable bonds is 7. The minimum atomic E-state index is -4.53. The molecule has 0 aliphatic carbocycles. The molecule has 1 heterocycles. The Morgan fingerprint density at radius 1 is 1.03 bits per heavy atom. The van der Waals surface area contributed by atoms with Gasteiger partial charge in [0.1, 0.15) is 0 Å². The van der Waals surface area contributed by atoms with Crippen molar-refractivity contribution in [2.24, 2.45) is 0 Å². The third-order valence-corrected chi connectivity index (χ3v) is 5.05. The highest BCUT2D eigenvalue weighted by molar-refractivity contribution is 6.04. The van der Waals surface area contributed by atoms with E-state index in [1.807, 2.05) is 4.90 Å². The molecule has 33 heavy (non-hydrogen) atoms. The van der Waals surface area contributed by atoms with Gasteiger partial charge in [0.15, 0.2) is 11.5 Å². The first-order valence-corrected chi connectivity index (χ1v) is 10.1. The summed E-state index contributed by atoms with van der Waals surface area (Å²) in [6, 6.07) is 6.61. The van der Waals surface area contributed by atoms with E-state index >= 15 is 0 Å². The minimum absolute atomic E-state index is 0.0752. The van der Waals surface area contributed by atoms with Crippen molar-refractivity contribution in [3.63, 3.8) is 0 Å². The van der Waals surface area contributed by atoms with Crippen LogP contribution in [0.25, 0.3) is 6.08 Å². The number of anilines is 2. The summed E-state index contributed by atoms with van der Waals surface area (Å²) in [6.07, 6.45) is -1.80. The summed E-state index contributed by atoms with van der Waals surface area (Å²) < 4.78 is 60.9. The Kier molecular flexibility index (Phi) is 7.70. The quantitative estimate of drug-likeness (QED) is 0.617. The second-order valence-electron chi connectivity index (χ2n) is 7.11. The Bertz CT molecular complexity index is 993. The molecule has 1 amide bonds. The van der Waals surface area contributed by atoms with Crippen LogP contribution in [-0.2, 0) is 15.7 Å². The number of halogens is 3. The van der Waals surface area contributed by atoms with E-state index in [1.165, 1.54) is 39.5 Å². The smallest absolute Gasteiger partial charge is 0.416 e. The van der Waals surface area contributed by atoms with Gasteiger partial charge in [0, 0.05) is 19.2 Å². The van der Waals surface area contributed by atoms with E-state index in [2.05, 4.69) is 5.32 Å². The van der Waals surface area contributed by atoms with Crippen molar-refractivity contribution in [2.45, 2.75) is 6.18 Å². The SMILES string of the molecule is COc1cc(C=CC(=O)Nc2cc(C(F)(F)F)ccc2N2CCOCC2)cc(OC)c1OC. The molecule has 2 aromatic rings.